The zero-order chi connectivity index (χ0) is 19.5. The van der Waals surface area contributed by atoms with Gasteiger partial charge in [-0.2, -0.15) is 0 Å². The van der Waals surface area contributed by atoms with E-state index in [0.29, 0.717) is 28.4 Å². The maximum absolute atomic E-state index is 13.2. The Kier molecular flexibility index (Phi) is 5.85. The van der Waals surface area contributed by atoms with Crippen molar-refractivity contribution in [2.24, 2.45) is 0 Å². The van der Waals surface area contributed by atoms with Gasteiger partial charge in [0.15, 0.2) is 5.16 Å². The van der Waals surface area contributed by atoms with Crippen LogP contribution in [0.1, 0.15) is 10.4 Å². The summed E-state index contributed by atoms with van der Waals surface area (Å²) in [7, 11) is 1.67. The lowest BCUT2D eigenvalue weighted by molar-refractivity contribution is 0.411. The van der Waals surface area contributed by atoms with Crippen LogP contribution < -0.4 is 10.3 Å². The Hall–Kier alpha value is -2.09. The molecule has 4 rings (SSSR count). The predicted octanol–water partition coefficient (Wildman–Crippen LogP) is 5.57. The number of nitrogens with zero attached hydrogens (tertiary/aromatic N) is 2. The number of thioether (sulfide) groups is 1. The molecule has 2 aromatic heterocycles. The summed E-state index contributed by atoms with van der Waals surface area (Å²) < 4.78 is 8.09. The lowest BCUT2D eigenvalue weighted by Gasteiger charge is -2.13. The first-order valence-electron chi connectivity index (χ1n) is 8.63. The molecule has 0 saturated heterocycles. The molecule has 0 radical (unpaired) electrons. The van der Waals surface area contributed by atoms with Gasteiger partial charge in [-0.05, 0) is 35.7 Å². The molecule has 7 heteroatoms. The number of fused-ring (bicyclic) bond motifs is 1. The molecule has 142 valence electrons. The van der Waals surface area contributed by atoms with Gasteiger partial charge >= 0.3 is 0 Å². The van der Waals surface area contributed by atoms with Crippen LogP contribution in [0.3, 0.4) is 0 Å². The van der Waals surface area contributed by atoms with Crippen molar-refractivity contribution in [1.82, 2.24) is 9.55 Å². The maximum Gasteiger partial charge on any atom is 0.262 e. The number of thiophene rings is 1. The lowest BCUT2D eigenvalue weighted by Crippen LogP contribution is -2.23. The van der Waals surface area contributed by atoms with E-state index in [0.717, 1.165) is 20.7 Å². The van der Waals surface area contributed by atoms with Gasteiger partial charge in [-0.1, -0.05) is 52.0 Å². The Morgan fingerprint density at radius 3 is 2.82 bits per heavy atom. The molecular weight excluding hydrogens is 456 g/mol. The van der Waals surface area contributed by atoms with E-state index < -0.39 is 0 Å². The standard InChI is InChI=1S/C21H17BrN2O2S2/c1-26-19-7-3-2-5-14(19)13-28-21-23-18-9-8-15(22)11-17(18)20(25)24(21)12-16-6-4-10-27-16/h2-11H,12-13H2,1H3. The fraction of sp³-hybridized carbons (Fsp3) is 0.143. The van der Waals surface area contributed by atoms with E-state index in [1.165, 1.54) is 0 Å². The summed E-state index contributed by atoms with van der Waals surface area (Å²) in [6.07, 6.45) is 0. The van der Waals surface area contributed by atoms with Gasteiger partial charge in [0.05, 0.1) is 24.6 Å². The fourth-order valence-electron chi connectivity index (χ4n) is 2.95. The third-order valence-corrected chi connectivity index (χ3v) is 6.70. The molecule has 4 aromatic rings. The second-order valence-electron chi connectivity index (χ2n) is 6.13. The van der Waals surface area contributed by atoms with E-state index in [2.05, 4.69) is 15.9 Å². The summed E-state index contributed by atoms with van der Waals surface area (Å²) in [4.78, 5) is 19.2. The average Bonchev–Trinajstić information content (AvgIpc) is 3.23. The molecule has 28 heavy (non-hydrogen) atoms. The summed E-state index contributed by atoms with van der Waals surface area (Å²) >= 11 is 6.64. The Morgan fingerprint density at radius 2 is 2.04 bits per heavy atom. The van der Waals surface area contributed by atoms with E-state index in [1.54, 1.807) is 34.8 Å². The highest BCUT2D eigenvalue weighted by molar-refractivity contribution is 9.10. The summed E-state index contributed by atoms with van der Waals surface area (Å²) in [5.41, 5.74) is 1.75. The molecular formula is C21H17BrN2O2S2. The zero-order valence-corrected chi connectivity index (χ0v) is 18.3. The van der Waals surface area contributed by atoms with E-state index in [4.69, 9.17) is 9.72 Å². The molecule has 0 bridgehead atoms. The van der Waals surface area contributed by atoms with Crippen LogP contribution >= 0.6 is 39.0 Å². The molecule has 0 spiro atoms. The van der Waals surface area contributed by atoms with Gasteiger partial charge in [0.2, 0.25) is 0 Å². The number of ether oxygens (including phenoxy) is 1. The number of aromatic nitrogens is 2. The molecule has 0 aliphatic rings. The van der Waals surface area contributed by atoms with Crippen molar-refractivity contribution >= 4 is 49.9 Å². The van der Waals surface area contributed by atoms with Gasteiger partial charge in [-0.25, -0.2) is 4.98 Å². The van der Waals surface area contributed by atoms with Crippen LogP contribution in [0.25, 0.3) is 10.9 Å². The Balaban J connectivity index is 1.77. The highest BCUT2D eigenvalue weighted by Crippen LogP contribution is 2.28. The summed E-state index contributed by atoms with van der Waals surface area (Å²) in [6, 6.07) is 17.6. The SMILES string of the molecule is COc1ccccc1CSc1nc2ccc(Br)cc2c(=O)n1Cc1cccs1. The summed E-state index contributed by atoms with van der Waals surface area (Å²) in [5.74, 6) is 1.51. The normalized spacial score (nSPS) is 11.1. The molecule has 2 heterocycles. The van der Waals surface area contributed by atoms with Crippen LogP contribution in [0, 0.1) is 0 Å². The van der Waals surface area contributed by atoms with Crippen LogP contribution in [0.5, 0.6) is 5.75 Å². The number of halogens is 1. The fourth-order valence-corrected chi connectivity index (χ4v) is 4.99. The molecule has 0 saturated carbocycles. The predicted molar refractivity (Wildman–Crippen MR) is 120 cm³/mol. The summed E-state index contributed by atoms with van der Waals surface area (Å²) in [5, 5.41) is 3.35. The van der Waals surface area contributed by atoms with Crippen molar-refractivity contribution in [2.75, 3.05) is 7.11 Å². The highest BCUT2D eigenvalue weighted by atomic mass is 79.9. The quantitative estimate of drug-likeness (QED) is 0.271. The van der Waals surface area contributed by atoms with Gasteiger partial charge in [0.1, 0.15) is 5.75 Å². The average molecular weight is 473 g/mol. The number of rotatable bonds is 6. The van der Waals surface area contributed by atoms with Crippen LogP contribution in [0.15, 0.2) is 74.4 Å². The Bertz CT molecular complexity index is 1170. The van der Waals surface area contributed by atoms with E-state index in [1.807, 2.05) is 60.0 Å². The second-order valence-corrected chi connectivity index (χ2v) is 9.02. The molecule has 0 amide bonds. The third-order valence-electron chi connectivity index (χ3n) is 4.32. The molecule has 0 aliphatic heterocycles. The van der Waals surface area contributed by atoms with Crippen LogP contribution in [0.2, 0.25) is 0 Å². The summed E-state index contributed by atoms with van der Waals surface area (Å²) in [6.45, 7) is 0.514. The third kappa shape index (κ3) is 4.01. The first kappa shape index (κ1) is 19.2. The minimum Gasteiger partial charge on any atom is -0.496 e. The molecule has 0 fully saturated rings. The van der Waals surface area contributed by atoms with Crippen molar-refractivity contribution in [3.8, 4) is 5.75 Å². The van der Waals surface area contributed by atoms with Crippen molar-refractivity contribution in [1.29, 1.82) is 0 Å². The Morgan fingerprint density at radius 1 is 1.18 bits per heavy atom. The van der Waals surface area contributed by atoms with E-state index in [9.17, 15) is 4.79 Å². The number of methoxy groups -OCH3 is 1. The topological polar surface area (TPSA) is 44.1 Å². The van der Waals surface area contributed by atoms with Gasteiger partial charge in [-0.3, -0.25) is 9.36 Å². The van der Waals surface area contributed by atoms with Crippen molar-refractivity contribution in [3.63, 3.8) is 0 Å². The zero-order valence-electron chi connectivity index (χ0n) is 15.1. The van der Waals surface area contributed by atoms with Gasteiger partial charge < -0.3 is 4.74 Å². The van der Waals surface area contributed by atoms with Crippen LogP contribution in [-0.2, 0) is 12.3 Å². The molecule has 0 N–H and O–H groups in total. The number of hydrogen-bond donors (Lipinski definition) is 0. The van der Waals surface area contributed by atoms with Crippen molar-refractivity contribution in [2.45, 2.75) is 17.5 Å². The lowest BCUT2D eigenvalue weighted by atomic mass is 10.2. The Labute approximate surface area is 179 Å². The first-order chi connectivity index (χ1) is 13.7. The van der Waals surface area contributed by atoms with Crippen molar-refractivity contribution < 1.29 is 4.74 Å². The van der Waals surface area contributed by atoms with E-state index in [-0.39, 0.29) is 5.56 Å². The molecule has 4 nitrogen and oxygen atoms in total. The van der Waals surface area contributed by atoms with E-state index >= 15 is 0 Å². The highest BCUT2D eigenvalue weighted by Gasteiger charge is 2.14. The van der Waals surface area contributed by atoms with Gasteiger partial charge in [0.25, 0.3) is 5.56 Å². The second kappa shape index (κ2) is 8.51. The smallest absolute Gasteiger partial charge is 0.262 e. The minimum atomic E-state index is -0.0257. The van der Waals surface area contributed by atoms with Gasteiger partial charge in [0, 0.05) is 20.7 Å². The molecule has 0 aliphatic carbocycles. The number of hydrogen-bond acceptors (Lipinski definition) is 5. The van der Waals surface area contributed by atoms with Gasteiger partial charge in [-0.15, -0.1) is 11.3 Å². The molecule has 0 atom stereocenters. The number of benzene rings is 2. The number of para-hydroxylation sites is 1. The van der Waals surface area contributed by atoms with Crippen LogP contribution in [0.4, 0.5) is 0 Å². The first-order valence-corrected chi connectivity index (χ1v) is 11.3. The monoisotopic (exact) mass is 472 g/mol. The van der Waals surface area contributed by atoms with Crippen molar-refractivity contribution in [3.05, 3.63) is 85.2 Å². The van der Waals surface area contributed by atoms with Crippen LogP contribution in [-0.4, -0.2) is 16.7 Å². The molecule has 2 aromatic carbocycles. The molecule has 0 unspecified atom stereocenters. The maximum atomic E-state index is 13.2. The largest absolute Gasteiger partial charge is 0.496 e. The minimum absolute atomic E-state index is 0.0257.